The summed E-state index contributed by atoms with van der Waals surface area (Å²) in [7, 11) is 0. The molecule has 0 aromatic carbocycles. The van der Waals surface area contributed by atoms with Gasteiger partial charge in [0.25, 0.3) is 0 Å². The number of likely N-dealkylation sites (N-methyl/N-ethyl adjacent to an activating group) is 1. The lowest BCUT2D eigenvalue weighted by atomic mass is 10.2. The Kier molecular flexibility index (Phi) is 7.23. The summed E-state index contributed by atoms with van der Waals surface area (Å²) in [6.07, 6.45) is 2.00. The van der Waals surface area contributed by atoms with Gasteiger partial charge in [-0.2, -0.15) is 0 Å². The molecule has 1 heterocycles. The van der Waals surface area contributed by atoms with Crippen LogP contribution in [-0.4, -0.2) is 36.4 Å². The number of aromatic nitrogens is 1. The molecular weight excluding hydrogens is 248 g/mol. The molecule has 0 atom stereocenters. The first kappa shape index (κ1) is 15.4. The Bertz CT molecular complexity index is 342. The van der Waals surface area contributed by atoms with Crippen LogP contribution in [0.4, 0.5) is 5.13 Å². The number of anilines is 1. The zero-order valence-corrected chi connectivity index (χ0v) is 12.4. The van der Waals surface area contributed by atoms with Gasteiger partial charge in [0, 0.05) is 19.7 Å². The van der Waals surface area contributed by atoms with Crippen molar-refractivity contribution in [2.45, 2.75) is 40.2 Å². The van der Waals surface area contributed by atoms with Crippen LogP contribution in [0.2, 0.25) is 0 Å². The number of hydrogen-bond donors (Lipinski definition) is 1. The first-order valence-corrected chi connectivity index (χ1v) is 7.50. The van der Waals surface area contributed by atoms with E-state index in [0.29, 0.717) is 0 Å². The van der Waals surface area contributed by atoms with Crippen LogP contribution in [0, 0.1) is 0 Å². The maximum atomic E-state index is 9.35. The third kappa shape index (κ3) is 4.23. The summed E-state index contributed by atoms with van der Waals surface area (Å²) in [6, 6.07) is 0. The van der Waals surface area contributed by atoms with Crippen molar-refractivity contribution >= 4 is 16.5 Å². The molecule has 0 saturated carbocycles. The minimum Gasteiger partial charge on any atom is -0.391 e. The molecule has 0 amide bonds. The SMILES string of the molecule is CCCc1nc(N(CC)CCOCC)sc1CO. The van der Waals surface area contributed by atoms with E-state index in [9.17, 15) is 5.11 Å². The zero-order valence-electron chi connectivity index (χ0n) is 11.6. The third-order valence-electron chi connectivity index (χ3n) is 2.76. The molecule has 1 rings (SSSR count). The first-order chi connectivity index (χ1) is 8.76. The van der Waals surface area contributed by atoms with E-state index in [-0.39, 0.29) is 6.61 Å². The van der Waals surface area contributed by atoms with Crippen molar-refractivity contribution in [3.05, 3.63) is 10.6 Å². The highest BCUT2D eigenvalue weighted by molar-refractivity contribution is 7.15. The van der Waals surface area contributed by atoms with E-state index < -0.39 is 0 Å². The predicted molar refractivity (Wildman–Crippen MR) is 76.4 cm³/mol. The Hall–Kier alpha value is -0.650. The van der Waals surface area contributed by atoms with Crippen molar-refractivity contribution in [1.29, 1.82) is 0 Å². The van der Waals surface area contributed by atoms with Gasteiger partial charge >= 0.3 is 0 Å². The first-order valence-electron chi connectivity index (χ1n) is 6.68. The summed E-state index contributed by atoms with van der Waals surface area (Å²) in [5, 5.41) is 10.4. The molecule has 0 aliphatic carbocycles. The standard InChI is InChI=1S/C13H24N2O2S/c1-4-7-11-12(10-16)18-13(14-11)15(5-2)8-9-17-6-3/h16H,4-10H2,1-3H3. The van der Waals surface area contributed by atoms with Gasteiger partial charge in [-0.1, -0.05) is 24.7 Å². The van der Waals surface area contributed by atoms with E-state index in [1.807, 2.05) is 6.92 Å². The number of rotatable bonds is 9. The van der Waals surface area contributed by atoms with Crippen molar-refractivity contribution < 1.29 is 9.84 Å². The van der Waals surface area contributed by atoms with Gasteiger partial charge in [-0.05, 0) is 20.3 Å². The van der Waals surface area contributed by atoms with Crippen molar-refractivity contribution in [3.63, 3.8) is 0 Å². The molecule has 1 aromatic rings. The van der Waals surface area contributed by atoms with E-state index >= 15 is 0 Å². The van der Waals surface area contributed by atoms with Gasteiger partial charge < -0.3 is 14.7 Å². The maximum absolute atomic E-state index is 9.35. The van der Waals surface area contributed by atoms with Crippen LogP contribution in [-0.2, 0) is 17.8 Å². The molecule has 18 heavy (non-hydrogen) atoms. The van der Waals surface area contributed by atoms with Gasteiger partial charge in [-0.15, -0.1) is 0 Å². The van der Waals surface area contributed by atoms with Crippen LogP contribution in [0.1, 0.15) is 37.8 Å². The van der Waals surface area contributed by atoms with E-state index in [1.165, 1.54) is 0 Å². The van der Waals surface area contributed by atoms with Gasteiger partial charge in [-0.25, -0.2) is 4.98 Å². The second-order valence-corrected chi connectivity index (χ2v) is 5.11. The number of hydrogen-bond acceptors (Lipinski definition) is 5. The molecule has 0 bridgehead atoms. The number of aliphatic hydroxyl groups excluding tert-OH is 1. The summed E-state index contributed by atoms with van der Waals surface area (Å²) < 4.78 is 5.38. The Balaban J connectivity index is 2.72. The number of aliphatic hydroxyl groups is 1. The summed E-state index contributed by atoms with van der Waals surface area (Å²) in [5.41, 5.74) is 1.05. The number of ether oxygens (including phenoxy) is 1. The second kappa shape index (κ2) is 8.45. The highest BCUT2D eigenvalue weighted by atomic mass is 32.1. The largest absolute Gasteiger partial charge is 0.391 e. The van der Waals surface area contributed by atoms with Crippen LogP contribution in [0.15, 0.2) is 0 Å². The lowest BCUT2D eigenvalue weighted by Crippen LogP contribution is -2.27. The fourth-order valence-electron chi connectivity index (χ4n) is 1.77. The molecule has 1 N–H and O–H groups in total. The molecular formula is C13H24N2O2S. The molecule has 1 aromatic heterocycles. The van der Waals surface area contributed by atoms with Gasteiger partial charge in [0.2, 0.25) is 0 Å². The summed E-state index contributed by atoms with van der Waals surface area (Å²) in [4.78, 5) is 7.86. The van der Waals surface area contributed by atoms with Gasteiger partial charge in [0.1, 0.15) is 0 Å². The highest BCUT2D eigenvalue weighted by Crippen LogP contribution is 2.27. The molecule has 5 heteroatoms. The molecule has 0 fully saturated rings. The number of nitrogens with zero attached hydrogens (tertiary/aromatic N) is 2. The van der Waals surface area contributed by atoms with Crippen LogP contribution in [0.5, 0.6) is 0 Å². The normalized spacial score (nSPS) is 10.9. The van der Waals surface area contributed by atoms with Crippen molar-refractivity contribution in [2.24, 2.45) is 0 Å². The van der Waals surface area contributed by atoms with Crippen molar-refractivity contribution in [1.82, 2.24) is 4.98 Å². The number of thiazole rings is 1. The Labute approximate surface area is 114 Å². The average molecular weight is 272 g/mol. The fourth-order valence-corrected chi connectivity index (χ4v) is 2.82. The zero-order chi connectivity index (χ0) is 13.4. The third-order valence-corrected chi connectivity index (χ3v) is 3.90. The second-order valence-electron chi connectivity index (χ2n) is 4.05. The van der Waals surface area contributed by atoms with E-state index in [0.717, 1.165) is 54.8 Å². The lowest BCUT2D eigenvalue weighted by Gasteiger charge is -2.19. The topological polar surface area (TPSA) is 45.6 Å². The van der Waals surface area contributed by atoms with E-state index in [4.69, 9.17) is 4.74 Å². The molecule has 0 aliphatic rings. The number of aryl methyl sites for hydroxylation is 1. The van der Waals surface area contributed by atoms with Gasteiger partial charge in [-0.3, -0.25) is 0 Å². The quantitative estimate of drug-likeness (QED) is 0.701. The monoisotopic (exact) mass is 272 g/mol. The minimum atomic E-state index is 0.0933. The highest BCUT2D eigenvalue weighted by Gasteiger charge is 2.14. The van der Waals surface area contributed by atoms with Crippen molar-refractivity contribution in [3.8, 4) is 0 Å². The lowest BCUT2D eigenvalue weighted by molar-refractivity contribution is 0.154. The molecule has 0 spiro atoms. The summed E-state index contributed by atoms with van der Waals surface area (Å²) in [5.74, 6) is 0. The fraction of sp³-hybridized carbons (Fsp3) is 0.769. The maximum Gasteiger partial charge on any atom is 0.185 e. The molecule has 4 nitrogen and oxygen atoms in total. The summed E-state index contributed by atoms with van der Waals surface area (Å²) >= 11 is 1.60. The van der Waals surface area contributed by atoms with Gasteiger partial charge in [0.15, 0.2) is 5.13 Å². The molecule has 0 aliphatic heterocycles. The molecule has 0 radical (unpaired) electrons. The molecule has 104 valence electrons. The van der Waals surface area contributed by atoms with Crippen LogP contribution in [0.25, 0.3) is 0 Å². The van der Waals surface area contributed by atoms with E-state index in [2.05, 4.69) is 23.7 Å². The Morgan fingerprint density at radius 3 is 2.67 bits per heavy atom. The smallest absolute Gasteiger partial charge is 0.185 e. The Morgan fingerprint density at radius 1 is 1.33 bits per heavy atom. The van der Waals surface area contributed by atoms with Crippen LogP contribution < -0.4 is 4.90 Å². The van der Waals surface area contributed by atoms with Crippen molar-refractivity contribution in [2.75, 3.05) is 31.2 Å². The molecule has 0 unspecified atom stereocenters. The average Bonchev–Trinajstić information content (AvgIpc) is 2.78. The predicted octanol–water partition coefficient (Wildman–Crippen LogP) is 2.45. The molecule has 0 saturated heterocycles. The van der Waals surface area contributed by atoms with E-state index in [1.54, 1.807) is 11.3 Å². The Morgan fingerprint density at radius 2 is 2.11 bits per heavy atom. The van der Waals surface area contributed by atoms with Crippen LogP contribution >= 0.6 is 11.3 Å². The van der Waals surface area contributed by atoms with Crippen LogP contribution in [0.3, 0.4) is 0 Å². The van der Waals surface area contributed by atoms with Gasteiger partial charge in [0.05, 0.1) is 23.8 Å². The minimum absolute atomic E-state index is 0.0933. The summed E-state index contributed by atoms with van der Waals surface area (Å²) in [6.45, 7) is 9.59.